The van der Waals surface area contributed by atoms with Gasteiger partial charge in [-0.25, -0.2) is 0 Å². The van der Waals surface area contributed by atoms with E-state index in [0.717, 1.165) is 31.4 Å². The van der Waals surface area contributed by atoms with Gasteiger partial charge in [-0.2, -0.15) is 0 Å². The summed E-state index contributed by atoms with van der Waals surface area (Å²) in [5.41, 5.74) is 0.902. The molecule has 2 atom stereocenters. The van der Waals surface area contributed by atoms with Crippen LogP contribution in [0.3, 0.4) is 0 Å². The number of thiazole rings is 1. The number of aliphatic hydroxyl groups excluding tert-OH is 1. The molecule has 1 fully saturated rings. The maximum absolute atomic E-state index is 12.0. The molecule has 0 spiro atoms. The summed E-state index contributed by atoms with van der Waals surface area (Å²) in [7, 11) is 0. The van der Waals surface area contributed by atoms with Crippen LogP contribution in [0.25, 0.3) is 0 Å². The third kappa shape index (κ3) is 3.70. The van der Waals surface area contributed by atoms with Crippen LogP contribution in [0.15, 0.2) is 10.2 Å². The number of aliphatic hydroxyl groups is 1. The van der Waals surface area contributed by atoms with E-state index in [0.29, 0.717) is 13.0 Å². The summed E-state index contributed by atoms with van der Waals surface area (Å²) in [6, 6.07) is 0.0848. The van der Waals surface area contributed by atoms with Crippen LogP contribution in [0.4, 0.5) is 0 Å². The number of nitrogens with one attached hydrogen (secondary N) is 1. The second-order valence-electron chi connectivity index (χ2n) is 5.45. The van der Waals surface area contributed by atoms with E-state index in [1.165, 1.54) is 11.3 Å². The normalized spacial score (nSPS) is 22.7. The molecule has 20 heavy (non-hydrogen) atoms. The molecule has 6 heteroatoms. The Morgan fingerprint density at radius 3 is 2.90 bits per heavy atom. The molecule has 1 aromatic heterocycles. The van der Waals surface area contributed by atoms with Gasteiger partial charge in [0.2, 0.25) is 5.91 Å². The SMILES string of the molecule is Cc1csc(=O)n1CCC(=O)NC1CCCCC1CO. The highest BCUT2D eigenvalue weighted by molar-refractivity contribution is 7.07. The van der Waals surface area contributed by atoms with Crippen molar-refractivity contribution in [2.75, 3.05) is 6.61 Å². The van der Waals surface area contributed by atoms with E-state index >= 15 is 0 Å². The van der Waals surface area contributed by atoms with E-state index < -0.39 is 0 Å². The summed E-state index contributed by atoms with van der Waals surface area (Å²) in [5, 5.41) is 14.2. The molecular weight excluding hydrogens is 276 g/mol. The Morgan fingerprint density at radius 2 is 2.25 bits per heavy atom. The van der Waals surface area contributed by atoms with Crippen LogP contribution in [-0.2, 0) is 11.3 Å². The smallest absolute Gasteiger partial charge is 0.307 e. The number of carbonyl (C=O) groups excluding carboxylic acids is 1. The second kappa shape index (κ2) is 7.04. The standard InChI is InChI=1S/C14H22N2O3S/c1-10-9-20-14(19)16(10)7-6-13(18)15-12-5-3-2-4-11(12)8-17/h9,11-12,17H,2-8H2,1H3,(H,15,18). The molecule has 1 amide bonds. The van der Waals surface area contributed by atoms with E-state index in [1.54, 1.807) is 4.57 Å². The number of aromatic nitrogens is 1. The van der Waals surface area contributed by atoms with Gasteiger partial charge in [-0.05, 0) is 19.8 Å². The average Bonchev–Trinajstić information content (AvgIpc) is 2.76. The van der Waals surface area contributed by atoms with E-state index in [9.17, 15) is 14.7 Å². The molecule has 1 saturated carbocycles. The van der Waals surface area contributed by atoms with Crippen molar-refractivity contribution in [3.05, 3.63) is 20.7 Å². The summed E-state index contributed by atoms with van der Waals surface area (Å²) in [5.74, 6) is 0.145. The summed E-state index contributed by atoms with van der Waals surface area (Å²) in [6.45, 7) is 2.43. The van der Waals surface area contributed by atoms with Crippen molar-refractivity contribution < 1.29 is 9.90 Å². The number of hydrogen-bond acceptors (Lipinski definition) is 4. The number of hydrogen-bond donors (Lipinski definition) is 2. The molecule has 0 aliphatic heterocycles. The lowest BCUT2D eigenvalue weighted by molar-refractivity contribution is -0.122. The average molecular weight is 298 g/mol. The number of rotatable bonds is 5. The highest BCUT2D eigenvalue weighted by atomic mass is 32.1. The molecule has 1 aromatic rings. The Bertz CT molecular complexity index is 509. The van der Waals surface area contributed by atoms with E-state index in [2.05, 4.69) is 5.32 Å². The molecule has 5 nitrogen and oxygen atoms in total. The molecule has 0 saturated heterocycles. The van der Waals surface area contributed by atoms with Crippen LogP contribution < -0.4 is 10.2 Å². The minimum Gasteiger partial charge on any atom is -0.396 e. The van der Waals surface area contributed by atoms with Gasteiger partial charge >= 0.3 is 4.87 Å². The predicted molar refractivity (Wildman–Crippen MR) is 78.9 cm³/mol. The van der Waals surface area contributed by atoms with Crippen molar-refractivity contribution in [3.8, 4) is 0 Å². The summed E-state index contributed by atoms with van der Waals surface area (Å²) in [4.78, 5) is 23.5. The lowest BCUT2D eigenvalue weighted by Gasteiger charge is -2.30. The maximum atomic E-state index is 12.0. The Morgan fingerprint density at radius 1 is 1.50 bits per heavy atom. The van der Waals surface area contributed by atoms with Crippen LogP contribution in [0.5, 0.6) is 0 Å². The minimum atomic E-state index is -0.0344. The Balaban J connectivity index is 1.85. The zero-order valence-corrected chi connectivity index (χ0v) is 12.6. The van der Waals surface area contributed by atoms with Crippen molar-refractivity contribution in [1.82, 2.24) is 9.88 Å². The number of nitrogens with zero attached hydrogens (tertiary/aromatic N) is 1. The monoisotopic (exact) mass is 298 g/mol. The number of aryl methyl sites for hydroxylation is 1. The first-order valence-electron chi connectivity index (χ1n) is 7.17. The molecule has 1 aliphatic rings. The quantitative estimate of drug-likeness (QED) is 0.860. The van der Waals surface area contributed by atoms with Crippen molar-refractivity contribution in [2.24, 2.45) is 5.92 Å². The number of carbonyl (C=O) groups is 1. The van der Waals surface area contributed by atoms with E-state index in [4.69, 9.17) is 0 Å². The van der Waals surface area contributed by atoms with Gasteiger partial charge in [0, 0.05) is 42.6 Å². The van der Waals surface area contributed by atoms with Gasteiger partial charge in [0.15, 0.2) is 0 Å². The highest BCUT2D eigenvalue weighted by Crippen LogP contribution is 2.23. The lowest BCUT2D eigenvalue weighted by atomic mass is 9.85. The lowest BCUT2D eigenvalue weighted by Crippen LogP contribution is -2.43. The summed E-state index contributed by atoms with van der Waals surface area (Å²) < 4.78 is 1.63. The fourth-order valence-corrected chi connectivity index (χ4v) is 3.54. The van der Waals surface area contributed by atoms with Gasteiger partial charge in [0.1, 0.15) is 0 Å². The van der Waals surface area contributed by atoms with Gasteiger partial charge in [-0.1, -0.05) is 24.2 Å². The first-order valence-corrected chi connectivity index (χ1v) is 8.05. The fraction of sp³-hybridized carbons (Fsp3) is 0.714. The first kappa shape index (κ1) is 15.3. The molecular formula is C14H22N2O3S. The molecule has 0 radical (unpaired) electrons. The van der Waals surface area contributed by atoms with Gasteiger partial charge in [0.25, 0.3) is 0 Å². The van der Waals surface area contributed by atoms with Gasteiger partial charge in [0.05, 0.1) is 0 Å². The van der Waals surface area contributed by atoms with Crippen molar-refractivity contribution in [2.45, 2.75) is 51.6 Å². The maximum Gasteiger partial charge on any atom is 0.307 e. The Labute approximate surface area is 122 Å². The summed E-state index contributed by atoms with van der Waals surface area (Å²) in [6.07, 6.45) is 4.46. The van der Waals surface area contributed by atoms with Crippen LogP contribution in [0, 0.1) is 12.8 Å². The molecule has 2 N–H and O–H groups in total. The predicted octanol–water partition coefficient (Wildman–Crippen LogP) is 1.28. The zero-order valence-electron chi connectivity index (χ0n) is 11.8. The molecule has 0 aromatic carbocycles. The Hall–Kier alpha value is -1.14. The van der Waals surface area contributed by atoms with Crippen molar-refractivity contribution >= 4 is 17.2 Å². The molecule has 1 heterocycles. The largest absolute Gasteiger partial charge is 0.396 e. The Kier molecular flexibility index (Phi) is 5.37. The van der Waals surface area contributed by atoms with Gasteiger partial charge in [-0.15, -0.1) is 0 Å². The molecule has 2 unspecified atom stereocenters. The molecule has 1 aliphatic carbocycles. The molecule has 2 rings (SSSR count). The summed E-state index contributed by atoms with van der Waals surface area (Å²) >= 11 is 1.17. The minimum absolute atomic E-state index is 0.0128. The van der Waals surface area contributed by atoms with Crippen LogP contribution >= 0.6 is 11.3 Å². The molecule has 0 bridgehead atoms. The van der Waals surface area contributed by atoms with Crippen LogP contribution in [-0.4, -0.2) is 28.2 Å². The van der Waals surface area contributed by atoms with Crippen LogP contribution in [0.2, 0.25) is 0 Å². The van der Waals surface area contributed by atoms with Crippen molar-refractivity contribution in [3.63, 3.8) is 0 Å². The van der Waals surface area contributed by atoms with Crippen LogP contribution in [0.1, 0.15) is 37.8 Å². The third-order valence-electron chi connectivity index (χ3n) is 4.03. The number of amides is 1. The van der Waals surface area contributed by atoms with E-state index in [1.807, 2.05) is 12.3 Å². The zero-order chi connectivity index (χ0) is 14.5. The topological polar surface area (TPSA) is 71.3 Å². The molecule has 112 valence electrons. The second-order valence-corrected chi connectivity index (χ2v) is 6.27. The third-order valence-corrected chi connectivity index (χ3v) is 4.91. The van der Waals surface area contributed by atoms with E-state index in [-0.39, 0.29) is 29.3 Å². The van der Waals surface area contributed by atoms with Gasteiger partial charge in [-0.3, -0.25) is 9.59 Å². The first-order chi connectivity index (χ1) is 9.61. The fourth-order valence-electron chi connectivity index (χ4n) is 2.78. The highest BCUT2D eigenvalue weighted by Gasteiger charge is 2.25. The van der Waals surface area contributed by atoms with Crippen molar-refractivity contribution in [1.29, 1.82) is 0 Å². The van der Waals surface area contributed by atoms with Gasteiger partial charge < -0.3 is 15.0 Å².